The highest BCUT2D eigenvalue weighted by atomic mass is 35.5. The summed E-state index contributed by atoms with van der Waals surface area (Å²) in [5.41, 5.74) is 0. The number of nitrogens with one attached hydrogen (secondary N) is 1. The predicted octanol–water partition coefficient (Wildman–Crippen LogP) is 2.27. The molecule has 0 saturated carbocycles. The molecule has 0 radical (unpaired) electrons. The lowest BCUT2D eigenvalue weighted by atomic mass is 9.98. The van der Waals surface area contributed by atoms with Crippen molar-refractivity contribution in [1.29, 1.82) is 0 Å². The maximum absolute atomic E-state index is 13.7. The van der Waals surface area contributed by atoms with Gasteiger partial charge in [0.25, 0.3) is 0 Å². The summed E-state index contributed by atoms with van der Waals surface area (Å²) in [4.78, 5) is -0.0177. The monoisotopic (exact) mass is 366 g/mol. The number of hydrogen-bond donors (Lipinski definition) is 1. The molecule has 1 aliphatic rings. The molecule has 0 spiro atoms. The van der Waals surface area contributed by atoms with Crippen molar-refractivity contribution in [1.82, 2.24) is 9.62 Å². The summed E-state index contributed by atoms with van der Waals surface area (Å²) in [6, 6.07) is 3.76. The molecule has 1 fully saturated rings. The van der Waals surface area contributed by atoms with Crippen molar-refractivity contribution in [2.45, 2.75) is 24.7 Å². The molecule has 132 valence electrons. The summed E-state index contributed by atoms with van der Waals surface area (Å²) in [6.07, 6.45) is 1.65. The van der Waals surface area contributed by atoms with E-state index in [1.165, 1.54) is 23.5 Å². The van der Waals surface area contributed by atoms with E-state index >= 15 is 0 Å². The lowest BCUT2D eigenvalue weighted by Crippen LogP contribution is -2.40. The van der Waals surface area contributed by atoms with Crippen molar-refractivity contribution in [3.63, 3.8) is 0 Å². The van der Waals surface area contributed by atoms with Crippen LogP contribution in [0.4, 0.5) is 4.39 Å². The molecule has 0 bridgehead atoms. The normalized spacial score (nSPS) is 16.8. The Morgan fingerprint density at radius 2 is 2.00 bits per heavy atom. The fourth-order valence-electron chi connectivity index (χ4n) is 2.66. The third kappa shape index (κ3) is 4.79. The van der Waals surface area contributed by atoms with Crippen LogP contribution in [0.5, 0.6) is 5.75 Å². The van der Waals surface area contributed by atoms with Gasteiger partial charge in [0.1, 0.15) is 0 Å². The Balaban J connectivity index is 0.00000264. The van der Waals surface area contributed by atoms with Gasteiger partial charge in [-0.2, -0.15) is 4.31 Å². The van der Waals surface area contributed by atoms with Gasteiger partial charge in [-0.15, -0.1) is 12.4 Å². The maximum atomic E-state index is 13.7. The van der Waals surface area contributed by atoms with Crippen LogP contribution in [0.1, 0.15) is 19.8 Å². The fraction of sp³-hybridized carbons (Fsp3) is 0.600. The zero-order valence-corrected chi connectivity index (χ0v) is 15.1. The zero-order valence-electron chi connectivity index (χ0n) is 13.4. The molecule has 2 rings (SSSR count). The molecule has 1 heterocycles. The van der Waals surface area contributed by atoms with Gasteiger partial charge in [0, 0.05) is 13.1 Å². The molecule has 0 atom stereocenters. The first-order valence-corrected chi connectivity index (χ1v) is 8.97. The Hall–Kier alpha value is -0.890. The minimum atomic E-state index is -3.64. The highest BCUT2D eigenvalue weighted by molar-refractivity contribution is 7.89. The van der Waals surface area contributed by atoms with E-state index in [0.717, 1.165) is 32.0 Å². The molecular weight excluding hydrogens is 343 g/mol. The smallest absolute Gasteiger partial charge is 0.243 e. The number of ether oxygens (including phenoxy) is 1. The Morgan fingerprint density at radius 1 is 1.35 bits per heavy atom. The third-order valence-corrected chi connectivity index (χ3v) is 5.91. The number of piperidine rings is 1. The molecular formula is C15H24ClFN2O3S. The van der Waals surface area contributed by atoms with Crippen LogP contribution >= 0.6 is 12.4 Å². The molecule has 0 unspecified atom stereocenters. The SMILES string of the molecule is CCNCC1CCN(S(=O)(=O)c2ccc(OC)c(F)c2)CC1.Cl. The van der Waals surface area contributed by atoms with Crippen LogP contribution in [-0.4, -0.2) is 46.0 Å². The molecule has 1 aromatic rings. The van der Waals surface area contributed by atoms with Crippen molar-refractivity contribution < 1.29 is 17.5 Å². The number of benzene rings is 1. The highest BCUT2D eigenvalue weighted by Crippen LogP contribution is 2.26. The lowest BCUT2D eigenvalue weighted by Gasteiger charge is -2.31. The van der Waals surface area contributed by atoms with Crippen LogP contribution < -0.4 is 10.1 Å². The molecule has 1 saturated heterocycles. The van der Waals surface area contributed by atoms with E-state index in [0.29, 0.717) is 19.0 Å². The highest BCUT2D eigenvalue weighted by Gasteiger charge is 2.29. The van der Waals surface area contributed by atoms with Gasteiger partial charge in [-0.1, -0.05) is 6.92 Å². The molecule has 5 nitrogen and oxygen atoms in total. The van der Waals surface area contributed by atoms with Gasteiger partial charge in [-0.3, -0.25) is 0 Å². The summed E-state index contributed by atoms with van der Waals surface area (Å²) < 4.78 is 45.1. The van der Waals surface area contributed by atoms with Crippen LogP contribution in [0, 0.1) is 11.7 Å². The first kappa shape index (κ1) is 20.2. The second kappa shape index (κ2) is 8.82. The average Bonchev–Trinajstić information content (AvgIpc) is 2.53. The van der Waals surface area contributed by atoms with Gasteiger partial charge in [-0.05, 0) is 50.0 Å². The van der Waals surface area contributed by atoms with E-state index in [4.69, 9.17) is 4.74 Å². The second-order valence-electron chi connectivity index (χ2n) is 5.45. The Labute approximate surface area is 143 Å². The molecule has 8 heteroatoms. The molecule has 0 aliphatic carbocycles. The number of methoxy groups -OCH3 is 1. The van der Waals surface area contributed by atoms with Crippen molar-refractivity contribution in [2.75, 3.05) is 33.3 Å². The third-order valence-electron chi connectivity index (χ3n) is 4.02. The second-order valence-corrected chi connectivity index (χ2v) is 7.39. The number of sulfonamides is 1. The van der Waals surface area contributed by atoms with Gasteiger partial charge in [0.15, 0.2) is 11.6 Å². The van der Waals surface area contributed by atoms with Crippen LogP contribution in [-0.2, 0) is 10.0 Å². The van der Waals surface area contributed by atoms with Gasteiger partial charge in [0.2, 0.25) is 10.0 Å². The number of hydrogen-bond acceptors (Lipinski definition) is 4. The first-order chi connectivity index (χ1) is 10.5. The molecule has 1 aromatic carbocycles. The Bertz CT molecular complexity index is 605. The number of halogens is 2. The van der Waals surface area contributed by atoms with E-state index in [2.05, 4.69) is 12.2 Å². The van der Waals surface area contributed by atoms with E-state index < -0.39 is 15.8 Å². The van der Waals surface area contributed by atoms with Crippen LogP contribution in [0.15, 0.2) is 23.1 Å². The minimum Gasteiger partial charge on any atom is -0.494 e. The van der Waals surface area contributed by atoms with E-state index in [1.54, 1.807) is 0 Å². The summed E-state index contributed by atoms with van der Waals surface area (Å²) in [6.45, 7) is 4.85. The van der Waals surface area contributed by atoms with Gasteiger partial charge in [-0.25, -0.2) is 12.8 Å². The van der Waals surface area contributed by atoms with Gasteiger partial charge < -0.3 is 10.1 Å². The van der Waals surface area contributed by atoms with Crippen molar-refractivity contribution in [3.05, 3.63) is 24.0 Å². The number of rotatable bonds is 6. The summed E-state index contributed by atoms with van der Waals surface area (Å²) >= 11 is 0. The van der Waals surface area contributed by atoms with Crippen molar-refractivity contribution >= 4 is 22.4 Å². The molecule has 0 amide bonds. The summed E-state index contributed by atoms with van der Waals surface area (Å²) in [5, 5.41) is 3.29. The van der Waals surface area contributed by atoms with Gasteiger partial charge in [0.05, 0.1) is 12.0 Å². The largest absolute Gasteiger partial charge is 0.494 e. The van der Waals surface area contributed by atoms with Crippen molar-refractivity contribution in [2.24, 2.45) is 5.92 Å². The average molecular weight is 367 g/mol. The molecule has 1 aliphatic heterocycles. The van der Waals surface area contributed by atoms with Crippen LogP contribution in [0.25, 0.3) is 0 Å². The lowest BCUT2D eigenvalue weighted by molar-refractivity contribution is 0.268. The fourth-order valence-corrected chi connectivity index (χ4v) is 4.14. The minimum absolute atomic E-state index is 0. The quantitative estimate of drug-likeness (QED) is 0.839. The summed E-state index contributed by atoms with van der Waals surface area (Å²) in [7, 11) is -2.29. The van der Waals surface area contributed by atoms with E-state index in [-0.39, 0.29) is 23.1 Å². The first-order valence-electron chi connectivity index (χ1n) is 7.53. The van der Waals surface area contributed by atoms with E-state index in [1.807, 2.05) is 0 Å². The van der Waals surface area contributed by atoms with Crippen LogP contribution in [0.3, 0.4) is 0 Å². The van der Waals surface area contributed by atoms with Crippen molar-refractivity contribution in [3.8, 4) is 5.75 Å². The zero-order chi connectivity index (χ0) is 16.2. The number of nitrogens with zero attached hydrogens (tertiary/aromatic N) is 1. The molecule has 0 aromatic heterocycles. The van der Waals surface area contributed by atoms with Gasteiger partial charge >= 0.3 is 0 Å². The maximum Gasteiger partial charge on any atom is 0.243 e. The summed E-state index contributed by atoms with van der Waals surface area (Å²) in [5.74, 6) is -0.118. The molecule has 1 N–H and O–H groups in total. The Kier molecular flexibility index (Phi) is 7.73. The van der Waals surface area contributed by atoms with Crippen LogP contribution in [0.2, 0.25) is 0 Å². The molecule has 23 heavy (non-hydrogen) atoms. The topological polar surface area (TPSA) is 58.6 Å². The standard InChI is InChI=1S/C15H23FN2O3S.ClH/c1-3-17-11-12-6-8-18(9-7-12)22(19,20)13-4-5-15(21-2)14(16)10-13;/h4-5,10,12,17H,3,6-9,11H2,1-2H3;1H. The Morgan fingerprint density at radius 3 is 2.52 bits per heavy atom. The predicted molar refractivity (Wildman–Crippen MR) is 90.2 cm³/mol. The van der Waals surface area contributed by atoms with E-state index in [9.17, 15) is 12.8 Å².